The molecule has 0 radical (unpaired) electrons. The first-order chi connectivity index (χ1) is 9.38. The number of unbranched alkanes of at least 4 members (excludes halogenated alkanes) is 1. The van der Waals surface area contributed by atoms with Gasteiger partial charge in [0.1, 0.15) is 0 Å². The first kappa shape index (κ1) is 15.8. The van der Waals surface area contributed by atoms with Crippen LogP contribution in [0.3, 0.4) is 0 Å². The van der Waals surface area contributed by atoms with E-state index in [1.165, 1.54) is 61.2 Å². The second-order valence-corrected chi connectivity index (χ2v) is 8.74. The molecule has 19 heavy (non-hydrogen) atoms. The van der Waals surface area contributed by atoms with Gasteiger partial charge < -0.3 is 0 Å². The molecule has 0 nitrogen and oxygen atoms in total. The van der Waals surface area contributed by atoms with E-state index in [2.05, 4.69) is 63.7 Å². The SMILES string of the molecule is BrCCCCc1ccc(CCC2SCCCS2)cc1. The summed E-state index contributed by atoms with van der Waals surface area (Å²) < 4.78 is 0.840. The van der Waals surface area contributed by atoms with Crippen molar-refractivity contribution in [3.63, 3.8) is 0 Å². The number of alkyl halides is 1. The van der Waals surface area contributed by atoms with E-state index < -0.39 is 0 Å². The fourth-order valence-corrected chi connectivity index (χ4v) is 5.54. The number of aryl methyl sites for hydroxylation is 2. The molecule has 1 aliphatic heterocycles. The van der Waals surface area contributed by atoms with Gasteiger partial charge in [-0.05, 0) is 61.2 Å². The minimum Gasteiger partial charge on any atom is -0.148 e. The van der Waals surface area contributed by atoms with E-state index in [0.717, 1.165) is 9.91 Å². The van der Waals surface area contributed by atoms with Gasteiger partial charge in [0.15, 0.2) is 0 Å². The molecule has 0 N–H and O–H groups in total. The second kappa shape index (κ2) is 9.36. The van der Waals surface area contributed by atoms with Gasteiger partial charge in [0.25, 0.3) is 0 Å². The van der Waals surface area contributed by atoms with Crippen LogP contribution < -0.4 is 0 Å². The lowest BCUT2D eigenvalue weighted by atomic mass is 10.0. The summed E-state index contributed by atoms with van der Waals surface area (Å²) in [5.41, 5.74) is 3.00. The molecule has 0 aromatic heterocycles. The van der Waals surface area contributed by atoms with Crippen molar-refractivity contribution in [1.82, 2.24) is 0 Å². The molecule has 1 aromatic carbocycles. The molecule has 2 rings (SSSR count). The molecule has 0 spiro atoms. The highest BCUT2D eigenvalue weighted by atomic mass is 79.9. The van der Waals surface area contributed by atoms with Gasteiger partial charge in [0, 0.05) is 5.33 Å². The number of thioether (sulfide) groups is 2. The summed E-state index contributed by atoms with van der Waals surface area (Å²) in [7, 11) is 0. The number of halogens is 1. The summed E-state index contributed by atoms with van der Waals surface area (Å²) in [4.78, 5) is 0. The van der Waals surface area contributed by atoms with Crippen molar-refractivity contribution in [1.29, 1.82) is 0 Å². The van der Waals surface area contributed by atoms with E-state index in [9.17, 15) is 0 Å². The first-order valence-electron chi connectivity index (χ1n) is 7.25. The largest absolute Gasteiger partial charge is 0.148 e. The summed E-state index contributed by atoms with van der Waals surface area (Å²) >= 11 is 7.80. The zero-order chi connectivity index (χ0) is 13.3. The fourth-order valence-electron chi connectivity index (χ4n) is 2.28. The van der Waals surface area contributed by atoms with Crippen LogP contribution in [-0.2, 0) is 12.8 Å². The summed E-state index contributed by atoms with van der Waals surface area (Å²) in [5.74, 6) is 2.73. The molecule has 0 unspecified atom stereocenters. The minimum atomic E-state index is 0.840. The Morgan fingerprint density at radius 1 is 0.947 bits per heavy atom. The lowest BCUT2D eigenvalue weighted by Gasteiger charge is -2.20. The lowest BCUT2D eigenvalue weighted by Crippen LogP contribution is -2.07. The van der Waals surface area contributed by atoms with Crippen LogP contribution in [0.4, 0.5) is 0 Å². The topological polar surface area (TPSA) is 0 Å². The molecule has 0 amide bonds. The Hall–Kier alpha value is 0.400. The third kappa shape index (κ3) is 6.14. The molecule has 0 atom stereocenters. The van der Waals surface area contributed by atoms with Crippen LogP contribution in [0, 0.1) is 0 Å². The number of benzene rings is 1. The van der Waals surface area contributed by atoms with Crippen LogP contribution in [-0.4, -0.2) is 21.4 Å². The molecule has 3 heteroatoms. The maximum Gasteiger partial charge on any atom is 0.0505 e. The van der Waals surface area contributed by atoms with Crippen LogP contribution in [0.1, 0.15) is 36.8 Å². The van der Waals surface area contributed by atoms with Crippen molar-refractivity contribution >= 4 is 39.5 Å². The highest BCUT2D eigenvalue weighted by Gasteiger charge is 2.13. The average Bonchev–Trinajstić information content (AvgIpc) is 2.48. The van der Waals surface area contributed by atoms with Crippen molar-refractivity contribution in [2.24, 2.45) is 0 Å². The Morgan fingerprint density at radius 2 is 1.58 bits per heavy atom. The summed E-state index contributed by atoms with van der Waals surface area (Å²) in [6.45, 7) is 0. The van der Waals surface area contributed by atoms with Gasteiger partial charge in [-0.15, -0.1) is 23.5 Å². The average molecular weight is 359 g/mol. The predicted octanol–water partition coefficient (Wildman–Crippen LogP) is 5.53. The normalized spacial score (nSPS) is 16.7. The van der Waals surface area contributed by atoms with Gasteiger partial charge in [0.2, 0.25) is 0 Å². The molecule has 1 fully saturated rings. The van der Waals surface area contributed by atoms with Crippen LogP contribution >= 0.6 is 39.5 Å². The summed E-state index contributed by atoms with van der Waals surface area (Å²) in [6.07, 6.45) is 7.76. The van der Waals surface area contributed by atoms with Crippen molar-refractivity contribution in [2.45, 2.75) is 43.1 Å². The van der Waals surface area contributed by atoms with Crippen molar-refractivity contribution in [3.8, 4) is 0 Å². The Balaban J connectivity index is 1.71. The van der Waals surface area contributed by atoms with E-state index in [-0.39, 0.29) is 0 Å². The molecule has 0 bridgehead atoms. The Morgan fingerprint density at radius 3 is 2.21 bits per heavy atom. The van der Waals surface area contributed by atoms with Crippen molar-refractivity contribution in [2.75, 3.05) is 16.8 Å². The van der Waals surface area contributed by atoms with E-state index >= 15 is 0 Å². The first-order valence-corrected chi connectivity index (χ1v) is 10.5. The van der Waals surface area contributed by atoms with Crippen molar-refractivity contribution in [3.05, 3.63) is 35.4 Å². The van der Waals surface area contributed by atoms with E-state index in [1.807, 2.05) is 0 Å². The third-order valence-electron chi connectivity index (χ3n) is 3.44. The molecule has 106 valence electrons. The number of hydrogen-bond acceptors (Lipinski definition) is 2. The van der Waals surface area contributed by atoms with Crippen LogP contribution in [0.2, 0.25) is 0 Å². The predicted molar refractivity (Wildman–Crippen MR) is 94.8 cm³/mol. The van der Waals surface area contributed by atoms with Gasteiger partial charge in [-0.2, -0.15) is 0 Å². The fraction of sp³-hybridized carbons (Fsp3) is 0.625. The molecule has 1 saturated heterocycles. The molecule has 0 saturated carbocycles. The monoisotopic (exact) mass is 358 g/mol. The molecule has 1 aliphatic rings. The molecule has 1 aromatic rings. The molecular formula is C16H23BrS2. The standard InChI is InChI=1S/C16H23BrS2/c17-11-2-1-4-14-5-7-15(8-6-14)9-10-16-18-12-3-13-19-16/h5-8,16H,1-4,9-13H2. The Kier molecular flexibility index (Phi) is 7.77. The summed E-state index contributed by atoms with van der Waals surface area (Å²) in [6, 6.07) is 9.32. The Labute approximate surface area is 134 Å². The molecule has 1 heterocycles. The van der Waals surface area contributed by atoms with Gasteiger partial charge >= 0.3 is 0 Å². The van der Waals surface area contributed by atoms with E-state index in [4.69, 9.17) is 0 Å². The van der Waals surface area contributed by atoms with E-state index in [1.54, 1.807) is 0 Å². The van der Waals surface area contributed by atoms with Gasteiger partial charge in [-0.3, -0.25) is 0 Å². The van der Waals surface area contributed by atoms with Gasteiger partial charge in [0.05, 0.1) is 4.58 Å². The zero-order valence-electron chi connectivity index (χ0n) is 11.4. The van der Waals surface area contributed by atoms with Crippen LogP contribution in [0.25, 0.3) is 0 Å². The van der Waals surface area contributed by atoms with Crippen LogP contribution in [0.15, 0.2) is 24.3 Å². The highest BCUT2D eigenvalue weighted by Crippen LogP contribution is 2.33. The van der Waals surface area contributed by atoms with E-state index in [0.29, 0.717) is 0 Å². The summed E-state index contributed by atoms with van der Waals surface area (Å²) in [5, 5.41) is 1.13. The number of rotatable bonds is 7. The number of hydrogen-bond donors (Lipinski definition) is 0. The molecule has 0 aliphatic carbocycles. The van der Waals surface area contributed by atoms with Crippen LogP contribution in [0.5, 0.6) is 0 Å². The maximum absolute atomic E-state index is 3.49. The molecular weight excluding hydrogens is 336 g/mol. The quantitative estimate of drug-likeness (QED) is 0.463. The third-order valence-corrected chi connectivity index (χ3v) is 7.08. The Bertz CT molecular complexity index is 344. The zero-order valence-corrected chi connectivity index (χ0v) is 14.7. The maximum atomic E-state index is 3.49. The second-order valence-electron chi connectivity index (χ2n) is 5.03. The van der Waals surface area contributed by atoms with Gasteiger partial charge in [-0.25, -0.2) is 0 Å². The smallest absolute Gasteiger partial charge is 0.0505 e. The minimum absolute atomic E-state index is 0.840. The van der Waals surface area contributed by atoms with Crippen molar-refractivity contribution < 1.29 is 0 Å². The lowest BCUT2D eigenvalue weighted by molar-refractivity contribution is 0.804. The van der Waals surface area contributed by atoms with Gasteiger partial charge in [-0.1, -0.05) is 40.2 Å². The highest BCUT2D eigenvalue weighted by molar-refractivity contribution is 9.09.